The zero-order valence-electron chi connectivity index (χ0n) is 31.2. The minimum absolute atomic E-state index is 0.0195. The molecule has 2 aliphatic carbocycles. The zero-order chi connectivity index (χ0) is 38.2. The lowest BCUT2D eigenvalue weighted by atomic mass is 9.52. The number of hydrogen-bond donors (Lipinski definition) is 2. The van der Waals surface area contributed by atoms with Crippen LogP contribution < -0.4 is 15.4 Å². The highest BCUT2D eigenvalue weighted by atomic mass is 31.1. The topological polar surface area (TPSA) is 103 Å². The molecule has 2 saturated carbocycles. The fourth-order valence-corrected chi connectivity index (χ4v) is 6.86. The van der Waals surface area contributed by atoms with E-state index in [1.165, 1.54) is 70.6 Å². The number of hydrogen-bond acceptors (Lipinski definition) is 6. The molecular formula is C38H60BF4N2O6P. The van der Waals surface area contributed by atoms with Gasteiger partial charge in [0, 0.05) is 31.0 Å². The van der Waals surface area contributed by atoms with Crippen LogP contribution in [0.2, 0.25) is 0 Å². The van der Waals surface area contributed by atoms with Gasteiger partial charge in [0.05, 0.1) is 32.8 Å². The maximum absolute atomic E-state index is 13.6. The van der Waals surface area contributed by atoms with Crippen molar-refractivity contribution < 1.29 is 46.2 Å². The molecule has 1 atom stereocenters. The van der Waals surface area contributed by atoms with Gasteiger partial charge in [0.2, 0.25) is 29.2 Å². The van der Waals surface area contributed by atoms with E-state index in [0.29, 0.717) is 14.9 Å². The van der Waals surface area contributed by atoms with E-state index in [4.69, 9.17) is 17.0 Å². The van der Waals surface area contributed by atoms with Gasteiger partial charge in [-0.2, -0.15) is 17.2 Å². The molecule has 0 aliphatic heterocycles. The van der Waals surface area contributed by atoms with Crippen LogP contribution in [-0.2, 0) is 23.9 Å². The Labute approximate surface area is 311 Å². The largest absolute Gasteiger partial charge is 0.420 e. The summed E-state index contributed by atoms with van der Waals surface area (Å²) in [5, 5.41) is 6.22. The van der Waals surface area contributed by atoms with Crippen molar-refractivity contribution in [1.29, 1.82) is 0 Å². The second kappa shape index (κ2) is 26.5. The van der Waals surface area contributed by atoms with E-state index in [1.54, 1.807) is 0 Å². The van der Waals surface area contributed by atoms with E-state index < -0.39 is 41.4 Å². The molecule has 0 aromatic heterocycles. The molecular weight excluding hydrogens is 698 g/mol. The molecule has 14 heteroatoms. The summed E-state index contributed by atoms with van der Waals surface area (Å²) in [6, 6.07) is 0.409. The minimum Gasteiger partial charge on any atom is -0.420 e. The van der Waals surface area contributed by atoms with Crippen molar-refractivity contribution in [2.45, 2.75) is 147 Å². The number of nitrogens with one attached hydrogen (secondary N) is 2. The van der Waals surface area contributed by atoms with Crippen molar-refractivity contribution in [3.05, 3.63) is 29.3 Å². The van der Waals surface area contributed by atoms with Gasteiger partial charge in [-0.05, 0) is 37.5 Å². The first-order valence-electron chi connectivity index (χ1n) is 19.2. The molecule has 2 N–H and O–H groups in total. The molecule has 52 heavy (non-hydrogen) atoms. The molecule has 2 fully saturated rings. The van der Waals surface area contributed by atoms with Crippen LogP contribution in [0.3, 0.4) is 0 Å². The van der Waals surface area contributed by atoms with Crippen LogP contribution in [0.25, 0.3) is 0 Å². The molecule has 0 bridgehead atoms. The summed E-state index contributed by atoms with van der Waals surface area (Å²) in [5.41, 5.74) is 0.238. The molecule has 1 aromatic rings. The molecule has 1 aromatic carbocycles. The molecule has 0 heterocycles. The van der Waals surface area contributed by atoms with Crippen LogP contribution in [-0.4, -0.2) is 70.5 Å². The number of esters is 1. The number of rotatable bonds is 26. The lowest BCUT2D eigenvalue weighted by Crippen LogP contribution is -2.61. The summed E-state index contributed by atoms with van der Waals surface area (Å²) in [4.78, 5) is 36.3. The first-order valence-corrected chi connectivity index (χ1v) is 20.8. The number of carbonyl (C=O) groups excluding carboxylic acids is 3. The van der Waals surface area contributed by atoms with Crippen molar-refractivity contribution in [2.24, 2.45) is 5.41 Å². The lowest BCUT2D eigenvalue weighted by Gasteiger charge is -2.57. The van der Waals surface area contributed by atoms with Gasteiger partial charge in [0.25, 0.3) is 0 Å². The first-order chi connectivity index (χ1) is 25.0. The maximum atomic E-state index is 13.6. The van der Waals surface area contributed by atoms with Gasteiger partial charge in [-0.25, -0.2) is 8.78 Å². The fraction of sp³-hybridized carbons (Fsp3) is 0.763. The van der Waals surface area contributed by atoms with Crippen molar-refractivity contribution >= 4 is 33.8 Å². The number of halogens is 4. The maximum Gasteiger partial charge on any atom is 0.313 e. The highest BCUT2D eigenvalue weighted by molar-refractivity contribution is 7.65. The number of ether oxygens (including phenoxy) is 3. The third kappa shape index (κ3) is 18.2. The Hall–Kier alpha value is -2.24. The van der Waals surface area contributed by atoms with Crippen LogP contribution in [0, 0.1) is 28.7 Å². The van der Waals surface area contributed by atoms with Crippen molar-refractivity contribution in [1.82, 2.24) is 10.6 Å². The van der Waals surface area contributed by atoms with Gasteiger partial charge in [-0.15, -0.1) is 0 Å². The van der Waals surface area contributed by atoms with E-state index in [1.807, 2.05) is 6.66 Å². The Kier molecular flexibility index (Phi) is 23.4. The summed E-state index contributed by atoms with van der Waals surface area (Å²) in [6.07, 6.45) is 21.0. The predicted molar refractivity (Wildman–Crippen MR) is 198 cm³/mol. The van der Waals surface area contributed by atoms with Gasteiger partial charge >= 0.3 is 5.97 Å². The molecule has 8 nitrogen and oxygen atoms in total. The fourth-order valence-electron chi connectivity index (χ4n) is 6.86. The smallest absolute Gasteiger partial charge is 0.313 e. The number of unbranched alkanes of at least 4 members (excludes halogenated alkanes) is 12. The van der Waals surface area contributed by atoms with Crippen LogP contribution >= 0.6 is 8.46 Å². The van der Waals surface area contributed by atoms with Crippen molar-refractivity contribution in [3.8, 4) is 5.75 Å². The normalized spacial score (nSPS) is 19.1. The Balaban J connectivity index is 0.00000301. The third-order valence-electron chi connectivity index (χ3n) is 9.54. The second-order valence-corrected chi connectivity index (χ2v) is 14.7. The van der Waals surface area contributed by atoms with E-state index >= 15 is 0 Å². The SMILES string of the molecule is CCCCCCCCCCCCCCCC(=O)NC1CC2(C1)CC(NC(=O)CCOCCOCCC(=O)Oc1c(F)c(F)cc(F)c1F)C2.[B]PC. The predicted octanol–water partition coefficient (Wildman–Crippen LogP) is 8.36. The van der Waals surface area contributed by atoms with Gasteiger partial charge in [-0.3, -0.25) is 14.4 Å². The van der Waals surface area contributed by atoms with Crippen LogP contribution in [0.4, 0.5) is 17.6 Å². The van der Waals surface area contributed by atoms with E-state index in [-0.39, 0.29) is 68.2 Å². The van der Waals surface area contributed by atoms with Crippen molar-refractivity contribution in [2.75, 3.05) is 33.1 Å². The second-order valence-electron chi connectivity index (χ2n) is 14.1. The molecule has 1 unspecified atom stereocenters. The molecule has 0 saturated heterocycles. The van der Waals surface area contributed by atoms with E-state index in [2.05, 4.69) is 22.3 Å². The number of amides is 2. The Morgan fingerprint density at radius 3 is 1.56 bits per heavy atom. The summed E-state index contributed by atoms with van der Waals surface area (Å²) >= 11 is 0. The minimum atomic E-state index is -1.80. The standard InChI is InChI=1S/C37H56F4N2O6.CH4BP/c1-2-3-4-5-6-7-8-9-10-11-12-13-14-15-31(44)42-27-23-37(24-27)25-28(26-37)43-32(45)16-18-47-20-21-48-19-17-33(46)49-36-34(40)29(38)22-30(39)35(36)41;1-3-2/h22,27-28H,2-21,23-26H2,1H3,(H,42,44)(H,43,45);3H,1H3. The van der Waals surface area contributed by atoms with Gasteiger partial charge < -0.3 is 24.8 Å². The molecule has 1 spiro atoms. The summed E-state index contributed by atoms with van der Waals surface area (Å²) in [6.45, 7) is 4.45. The van der Waals surface area contributed by atoms with Crippen LogP contribution in [0.5, 0.6) is 5.75 Å². The Bertz CT molecular complexity index is 1180. The third-order valence-corrected chi connectivity index (χ3v) is 9.54. The van der Waals surface area contributed by atoms with Crippen LogP contribution in [0.15, 0.2) is 6.07 Å². The number of carbonyl (C=O) groups is 3. The molecule has 2 amide bonds. The van der Waals surface area contributed by atoms with Gasteiger partial charge in [0.15, 0.2) is 11.6 Å². The van der Waals surface area contributed by atoms with Gasteiger partial charge in [0.1, 0.15) is 7.57 Å². The average Bonchev–Trinajstić information content (AvgIpc) is 3.07. The zero-order valence-corrected chi connectivity index (χ0v) is 32.2. The monoisotopic (exact) mass is 758 g/mol. The Morgan fingerprint density at radius 1 is 0.692 bits per heavy atom. The molecule has 3 rings (SSSR count). The lowest BCUT2D eigenvalue weighted by molar-refractivity contribution is -0.136. The quantitative estimate of drug-likeness (QED) is 0.0187. The van der Waals surface area contributed by atoms with E-state index in [0.717, 1.165) is 38.5 Å². The summed E-state index contributed by atoms with van der Waals surface area (Å²) < 4.78 is 68.5. The van der Waals surface area contributed by atoms with E-state index in [9.17, 15) is 31.9 Å². The first kappa shape index (κ1) is 45.9. The molecule has 2 radical (unpaired) electrons. The highest BCUT2D eigenvalue weighted by Crippen LogP contribution is 2.55. The summed E-state index contributed by atoms with van der Waals surface area (Å²) in [7, 11) is 5.46. The molecule has 2 aliphatic rings. The van der Waals surface area contributed by atoms with Gasteiger partial charge in [-0.1, -0.05) is 90.6 Å². The van der Waals surface area contributed by atoms with Crippen LogP contribution in [0.1, 0.15) is 135 Å². The number of benzene rings is 1. The Morgan fingerprint density at radius 2 is 1.10 bits per heavy atom. The summed E-state index contributed by atoms with van der Waals surface area (Å²) in [5.74, 6) is -9.44. The van der Waals surface area contributed by atoms with Crippen molar-refractivity contribution in [3.63, 3.8) is 0 Å². The average molecular weight is 759 g/mol. The highest BCUT2D eigenvalue weighted by Gasteiger charge is 2.53. The molecule has 294 valence electrons.